The normalized spacial score (nSPS) is 14.5. The third kappa shape index (κ3) is 8.31. The van der Waals surface area contributed by atoms with Gasteiger partial charge in [-0.1, -0.05) is 52.8 Å². The minimum Gasteiger partial charge on any atom is -0.497 e. The quantitative estimate of drug-likeness (QED) is 0.202. The second-order valence-electron chi connectivity index (χ2n) is 11.3. The Balaban J connectivity index is 2.18. The predicted octanol–water partition coefficient (Wildman–Crippen LogP) is 7.12. The van der Waals surface area contributed by atoms with Gasteiger partial charge in [0.25, 0.3) is 0 Å². The summed E-state index contributed by atoms with van der Waals surface area (Å²) in [5.74, 6) is 1.49. The molecule has 0 saturated carbocycles. The van der Waals surface area contributed by atoms with Crippen molar-refractivity contribution in [3.63, 3.8) is 0 Å². The lowest BCUT2D eigenvalue weighted by Crippen LogP contribution is -2.49. The predicted molar refractivity (Wildman–Crippen MR) is 143 cm³/mol. The molecular weight excluding hydrogens is 458 g/mol. The summed E-state index contributed by atoms with van der Waals surface area (Å²) in [5, 5.41) is 0.0815. The van der Waals surface area contributed by atoms with E-state index in [0.717, 1.165) is 17.0 Å². The molecule has 0 aliphatic heterocycles. The number of ether oxygens (including phenoxy) is 3. The first-order valence-electron chi connectivity index (χ1n) is 12.3. The topological polar surface area (TPSA) is 63.0 Å². The maximum Gasteiger partial charge on any atom is 0.196 e. The fourth-order valence-corrected chi connectivity index (χ4v) is 4.94. The maximum absolute atomic E-state index is 6.94. The van der Waals surface area contributed by atoms with Crippen LogP contribution in [0.4, 0.5) is 0 Å². The van der Waals surface area contributed by atoms with Crippen molar-refractivity contribution in [1.29, 1.82) is 0 Å². The molecule has 0 fully saturated rings. The second-order valence-corrected chi connectivity index (χ2v) is 16.1. The number of rotatable bonds is 14. The zero-order chi connectivity index (χ0) is 26.3. The van der Waals surface area contributed by atoms with Gasteiger partial charge in [0.1, 0.15) is 23.8 Å². The molecule has 1 heterocycles. The highest BCUT2D eigenvalue weighted by Crippen LogP contribution is 2.40. The van der Waals surface area contributed by atoms with Crippen LogP contribution in [0, 0.1) is 5.41 Å². The van der Waals surface area contributed by atoms with Crippen LogP contribution in [0.2, 0.25) is 18.1 Å². The number of benzene rings is 1. The van der Waals surface area contributed by atoms with E-state index in [0.29, 0.717) is 31.9 Å². The summed E-state index contributed by atoms with van der Waals surface area (Å²) >= 11 is 0. The third-order valence-electron chi connectivity index (χ3n) is 6.94. The van der Waals surface area contributed by atoms with Crippen molar-refractivity contribution in [1.82, 2.24) is 4.98 Å². The monoisotopic (exact) mass is 503 g/mol. The van der Waals surface area contributed by atoms with Crippen molar-refractivity contribution in [3.05, 3.63) is 60.3 Å². The molecule has 35 heavy (non-hydrogen) atoms. The van der Waals surface area contributed by atoms with E-state index in [9.17, 15) is 0 Å². The summed E-state index contributed by atoms with van der Waals surface area (Å²) in [6.45, 7) is 20.6. The number of nitrogens with zero attached hydrogens (tertiary/aromatic N) is 1. The van der Waals surface area contributed by atoms with Crippen LogP contribution in [0.3, 0.4) is 0 Å². The first kappa shape index (κ1) is 29.3. The van der Waals surface area contributed by atoms with Crippen molar-refractivity contribution in [3.8, 4) is 5.75 Å². The molecule has 0 aliphatic carbocycles. The van der Waals surface area contributed by atoms with Gasteiger partial charge in [-0.15, -0.1) is 6.58 Å². The highest BCUT2D eigenvalue weighted by molar-refractivity contribution is 6.74. The molecule has 0 radical (unpaired) electrons. The lowest BCUT2D eigenvalue weighted by atomic mass is 9.85. The maximum atomic E-state index is 6.94. The van der Waals surface area contributed by atoms with Gasteiger partial charge in [-0.3, -0.25) is 0 Å². The molecule has 2 aromatic rings. The van der Waals surface area contributed by atoms with E-state index in [1.165, 1.54) is 0 Å². The van der Waals surface area contributed by atoms with Crippen molar-refractivity contribution >= 4 is 8.32 Å². The first-order valence-corrected chi connectivity index (χ1v) is 15.2. The average molecular weight is 504 g/mol. The number of hydrogen-bond donors (Lipinski definition) is 0. The summed E-state index contributed by atoms with van der Waals surface area (Å²) in [6.07, 6.45) is 4.47. The molecule has 6 nitrogen and oxygen atoms in total. The second kappa shape index (κ2) is 12.3. The van der Waals surface area contributed by atoms with Crippen LogP contribution in [-0.4, -0.2) is 40.2 Å². The summed E-state index contributed by atoms with van der Waals surface area (Å²) in [5.41, 5.74) is 1.62. The fourth-order valence-electron chi connectivity index (χ4n) is 3.47. The van der Waals surface area contributed by atoms with Crippen molar-refractivity contribution in [2.24, 2.45) is 5.41 Å². The van der Waals surface area contributed by atoms with Crippen LogP contribution < -0.4 is 4.74 Å². The van der Waals surface area contributed by atoms with Crippen LogP contribution in [0.25, 0.3) is 0 Å². The van der Waals surface area contributed by atoms with Gasteiger partial charge in [-0.2, -0.15) is 0 Å². The van der Waals surface area contributed by atoms with Gasteiger partial charge in [0.2, 0.25) is 0 Å². The lowest BCUT2D eigenvalue weighted by Gasteiger charge is -2.44. The molecule has 0 N–H and O–H groups in total. The molecule has 2 atom stereocenters. The Morgan fingerprint density at radius 2 is 1.74 bits per heavy atom. The molecular formula is C28H45NO5Si. The Morgan fingerprint density at radius 3 is 2.29 bits per heavy atom. The molecule has 1 aromatic heterocycles. The van der Waals surface area contributed by atoms with E-state index >= 15 is 0 Å². The van der Waals surface area contributed by atoms with Crippen molar-refractivity contribution < 1.29 is 23.1 Å². The third-order valence-corrected chi connectivity index (χ3v) is 11.4. The molecule has 0 saturated heterocycles. The molecule has 0 bridgehead atoms. The van der Waals surface area contributed by atoms with Gasteiger partial charge in [0, 0.05) is 18.9 Å². The van der Waals surface area contributed by atoms with Gasteiger partial charge >= 0.3 is 0 Å². The largest absolute Gasteiger partial charge is 0.497 e. The number of aromatic nitrogens is 1. The molecule has 0 spiro atoms. The van der Waals surface area contributed by atoms with Gasteiger partial charge in [-0.25, -0.2) is 4.98 Å². The molecule has 0 unspecified atom stereocenters. The average Bonchev–Trinajstić information content (AvgIpc) is 3.24. The van der Waals surface area contributed by atoms with E-state index in [-0.39, 0.29) is 22.7 Å². The number of methoxy groups -OCH3 is 2. The van der Waals surface area contributed by atoms with Crippen LogP contribution in [0.5, 0.6) is 5.75 Å². The van der Waals surface area contributed by atoms with Crippen LogP contribution in [0.15, 0.2) is 47.6 Å². The first-order chi connectivity index (χ1) is 16.3. The minimum absolute atomic E-state index is 0.0815. The Kier molecular flexibility index (Phi) is 10.3. The minimum atomic E-state index is -2.06. The van der Waals surface area contributed by atoms with Crippen molar-refractivity contribution in [2.75, 3.05) is 20.8 Å². The standard InChI is InChI=1S/C28H45NO5Si/c1-11-12-24(31-8)23-19-33-26(29-23)17-25(34-35(9,10)27(2,3)4)28(5,6)20-32-18-21-13-15-22(30-7)16-14-21/h11,13-16,19,24-25H,1,12,17-18,20H2,2-10H3/t24-,25-/m0/s1. The SMILES string of the molecule is C=CC[C@H](OC)c1coc(C[C@H](O[Si](C)(C)C(C)(C)C)C(C)(C)COCc2ccc(OC)cc2)n1. The molecule has 7 heteroatoms. The van der Waals surface area contributed by atoms with Crippen LogP contribution in [-0.2, 0) is 26.9 Å². The highest BCUT2D eigenvalue weighted by Gasteiger charge is 2.43. The Hall–Kier alpha value is -1.93. The molecule has 2 rings (SSSR count). The number of oxazole rings is 1. The number of hydrogen-bond acceptors (Lipinski definition) is 6. The van der Waals surface area contributed by atoms with Crippen LogP contribution in [0.1, 0.15) is 64.3 Å². The zero-order valence-electron chi connectivity index (χ0n) is 23.1. The fraction of sp³-hybridized carbons (Fsp3) is 0.607. The summed E-state index contributed by atoms with van der Waals surface area (Å²) in [4.78, 5) is 4.73. The summed E-state index contributed by atoms with van der Waals surface area (Å²) < 4.78 is 29.8. The molecule has 0 amide bonds. The van der Waals surface area contributed by atoms with Crippen molar-refractivity contribution in [2.45, 2.75) is 84.4 Å². The summed E-state index contributed by atoms with van der Waals surface area (Å²) in [7, 11) is 1.29. The Morgan fingerprint density at radius 1 is 1.09 bits per heavy atom. The van der Waals surface area contributed by atoms with Gasteiger partial charge in [-0.05, 0) is 42.2 Å². The molecule has 196 valence electrons. The Bertz CT molecular complexity index is 914. The zero-order valence-corrected chi connectivity index (χ0v) is 24.1. The molecule has 1 aromatic carbocycles. The van der Waals surface area contributed by atoms with E-state index in [2.05, 4.69) is 54.3 Å². The smallest absolute Gasteiger partial charge is 0.196 e. The van der Waals surface area contributed by atoms with E-state index < -0.39 is 8.32 Å². The highest BCUT2D eigenvalue weighted by atomic mass is 28.4. The molecule has 0 aliphatic rings. The summed E-state index contributed by atoms with van der Waals surface area (Å²) in [6, 6.07) is 7.96. The van der Waals surface area contributed by atoms with Crippen LogP contribution >= 0.6 is 0 Å². The Labute approximate surface area is 213 Å². The van der Waals surface area contributed by atoms with E-state index in [4.69, 9.17) is 28.0 Å². The van der Waals surface area contributed by atoms with Gasteiger partial charge < -0.3 is 23.1 Å². The lowest BCUT2D eigenvalue weighted by molar-refractivity contribution is -0.0247. The van der Waals surface area contributed by atoms with E-state index in [1.54, 1.807) is 20.5 Å². The van der Waals surface area contributed by atoms with Gasteiger partial charge in [0.05, 0.1) is 26.4 Å². The van der Waals surface area contributed by atoms with E-state index in [1.807, 2.05) is 30.3 Å². The van der Waals surface area contributed by atoms with Gasteiger partial charge in [0.15, 0.2) is 14.2 Å².